The third kappa shape index (κ3) is 3.78. The fraction of sp³-hybridized carbons (Fsp3) is 0.200. The van der Waals surface area contributed by atoms with Crippen LogP contribution in [-0.2, 0) is 13.1 Å². The Bertz CT molecular complexity index is 555. The summed E-state index contributed by atoms with van der Waals surface area (Å²) in [6, 6.07) is 13.2. The molecule has 2 N–H and O–H groups in total. The van der Waals surface area contributed by atoms with Crippen LogP contribution in [0.25, 0.3) is 0 Å². The van der Waals surface area contributed by atoms with Crippen molar-refractivity contribution in [3.8, 4) is 0 Å². The molecule has 0 heterocycles. The fourth-order valence-electron chi connectivity index (χ4n) is 1.97. The second kappa shape index (κ2) is 6.17. The van der Waals surface area contributed by atoms with Crippen LogP contribution in [0, 0.1) is 5.82 Å². The lowest BCUT2D eigenvalue weighted by atomic mass is 10.1. The number of nitrogens with zero attached hydrogens (tertiary/aromatic N) is 1. The van der Waals surface area contributed by atoms with Gasteiger partial charge in [-0.3, -0.25) is 4.90 Å². The molecule has 2 aromatic rings. The number of nitrogens with two attached hydrogens (primary N) is 1. The Kier molecular flexibility index (Phi) is 4.56. The van der Waals surface area contributed by atoms with E-state index in [2.05, 4.69) is 33.0 Å². The Morgan fingerprint density at radius 3 is 2.47 bits per heavy atom. The minimum absolute atomic E-state index is 0.203. The minimum Gasteiger partial charge on any atom is -0.396 e. The van der Waals surface area contributed by atoms with Crippen LogP contribution in [0.5, 0.6) is 0 Å². The van der Waals surface area contributed by atoms with Crippen LogP contribution in [-0.4, -0.2) is 11.9 Å². The number of nitrogen functional groups attached to an aromatic ring is 1. The molecule has 0 aliphatic rings. The number of benzene rings is 2. The maximum atomic E-state index is 13.8. The summed E-state index contributed by atoms with van der Waals surface area (Å²) in [5, 5.41) is 0. The number of hydrogen-bond donors (Lipinski definition) is 1. The second-order valence-corrected chi connectivity index (χ2v) is 5.53. The molecule has 2 rings (SSSR count). The van der Waals surface area contributed by atoms with Crippen molar-refractivity contribution in [1.29, 1.82) is 0 Å². The first-order valence-electron chi connectivity index (χ1n) is 6.02. The van der Waals surface area contributed by atoms with Crippen LogP contribution in [0.1, 0.15) is 11.1 Å². The molecule has 19 heavy (non-hydrogen) atoms. The smallest absolute Gasteiger partial charge is 0.150 e. The molecule has 0 radical (unpaired) electrons. The summed E-state index contributed by atoms with van der Waals surface area (Å²) < 4.78 is 14.9. The molecule has 0 unspecified atom stereocenters. The van der Waals surface area contributed by atoms with E-state index in [0.717, 1.165) is 11.0 Å². The van der Waals surface area contributed by atoms with Crippen molar-refractivity contribution in [2.45, 2.75) is 13.1 Å². The van der Waals surface area contributed by atoms with E-state index < -0.39 is 0 Å². The van der Waals surface area contributed by atoms with Gasteiger partial charge in [0.25, 0.3) is 0 Å². The highest BCUT2D eigenvalue weighted by Crippen LogP contribution is 2.17. The lowest BCUT2D eigenvalue weighted by molar-refractivity contribution is 0.314. The van der Waals surface area contributed by atoms with Crippen LogP contribution >= 0.6 is 15.9 Å². The van der Waals surface area contributed by atoms with Crippen LogP contribution in [0.2, 0.25) is 0 Å². The minimum atomic E-state index is -0.315. The number of anilines is 1. The first-order valence-corrected chi connectivity index (χ1v) is 6.81. The predicted molar refractivity (Wildman–Crippen MR) is 80.1 cm³/mol. The van der Waals surface area contributed by atoms with Gasteiger partial charge in [-0.1, -0.05) is 40.2 Å². The molecule has 0 aliphatic carbocycles. The third-order valence-electron chi connectivity index (χ3n) is 2.91. The molecule has 0 saturated carbocycles. The standard InChI is InChI=1S/C15H16BrFN2/c1-19(9-11-5-7-13(16)8-6-11)10-12-3-2-4-14(18)15(12)17/h2-8H,9-10,18H2,1H3. The molecule has 0 aromatic heterocycles. The van der Waals surface area contributed by atoms with Crippen LogP contribution in [0.15, 0.2) is 46.9 Å². The predicted octanol–water partition coefficient (Wildman–Crippen LogP) is 3.80. The van der Waals surface area contributed by atoms with Crippen molar-refractivity contribution in [3.05, 3.63) is 63.9 Å². The van der Waals surface area contributed by atoms with Gasteiger partial charge in [-0.05, 0) is 30.8 Å². The van der Waals surface area contributed by atoms with Gasteiger partial charge in [0.1, 0.15) is 0 Å². The second-order valence-electron chi connectivity index (χ2n) is 4.62. The van der Waals surface area contributed by atoms with Gasteiger partial charge in [0.05, 0.1) is 5.69 Å². The molecular formula is C15H16BrFN2. The molecule has 2 aromatic carbocycles. The van der Waals surface area contributed by atoms with E-state index in [1.165, 1.54) is 5.56 Å². The van der Waals surface area contributed by atoms with E-state index in [4.69, 9.17) is 5.73 Å². The van der Waals surface area contributed by atoms with Crippen molar-refractivity contribution in [3.63, 3.8) is 0 Å². The molecule has 0 aliphatic heterocycles. The average Bonchev–Trinajstić information content (AvgIpc) is 2.38. The zero-order chi connectivity index (χ0) is 13.8. The van der Waals surface area contributed by atoms with E-state index in [1.54, 1.807) is 18.2 Å². The number of hydrogen-bond acceptors (Lipinski definition) is 2. The Balaban J connectivity index is 2.03. The molecule has 0 amide bonds. The van der Waals surface area contributed by atoms with Crippen LogP contribution in [0.3, 0.4) is 0 Å². The zero-order valence-corrected chi connectivity index (χ0v) is 12.3. The molecule has 0 atom stereocenters. The van der Waals surface area contributed by atoms with Crippen molar-refractivity contribution in [2.75, 3.05) is 12.8 Å². The van der Waals surface area contributed by atoms with E-state index in [0.29, 0.717) is 12.1 Å². The lowest BCUT2D eigenvalue weighted by Gasteiger charge is -2.17. The zero-order valence-electron chi connectivity index (χ0n) is 10.7. The molecule has 0 fully saturated rings. The summed E-state index contributed by atoms with van der Waals surface area (Å²) in [6.07, 6.45) is 0. The van der Waals surface area contributed by atoms with E-state index in [1.807, 2.05) is 19.2 Å². The fourth-order valence-corrected chi connectivity index (χ4v) is 2.23. The van der Waals surface area contributed by atoms with Gasteiger partial charge in [0.15, 0.2) is 5.82 Å². The summed E-state index contributed by atoms with van der Waals surface area (Å²) in [5.74, 6) is -0.315. The van der Waals surface area contributed by atoms with Gasteiger partial charge >= 0.3 is 0 Å². The summed E-state index contributed by atoms with van der Waals surface area (Å²) >= 11 is 3.41. The Morgan fingerprint density at radius 2 is 1.79 bits per heavy atom. The maximum absolute atomic E-state index is 13.8. The van der Waals surface area contributed by atoms with Gasteiger partial charge < -0.3 is 5.73 Å². The molecule has 2 nitrogen and oxygen atoms in total. The summed E-state index contributed by atoms with van der Waals surface area (Å²) in [6.45, 7) is 1.30. The summed E-state index contributed by atoms with van der Waals surface area (Å²) in [5.41, 5.74) is 7.58. The molecule has 0 bridgehead atoms. The van der Waals surface area contributed by atoms with Gasteiger partial charge in [-0.15, -0.1) is 0 Å². The molecule has 0 spiro atoms. The van der Waals surface area contributed by atoms with E-state index in [9.17, 15) is 4.39 Å². The SMILES string of the molecule is CN(Cc1ccc(Br)cc1)Cc1cccc(N)c1F. The van der Waals surface area contributed by atoms with E-state index >= 15 is 0 Å². The first-order chi connectivity index (χ1) is 9.06. The molecule has 100 valence electrons. The molecular weight excluding hydrogens is 307 g/mol. The Morgan fingerprint density at radius 1 is 1.11 bits per heavy atom. The van der Waals surface area contributed by atoms with Crippen LogP contribution < -0.4 is 5.73 Å². The van der Waals surface area contributed by atoms with Crippen molar-refractivity contribution < 1.29 is 4.39 Å². The highest BCUT2D eigenvalue weighted by atomic mass is 79.9. The van der Waals surface area contributed by atoms with Crippen molar-refractivity contribution >= 4 is 21.6 Å². The average molecular weight is 323 g/mol. The molecule has 4 heteroatoms. The quantitative estimate of drug-likeness (QED) is 0.867. The van der Waals surface area contributed by atoms with Crippen LogP contribution in [0.4, 0.5) is 10.1 Å². The Hall–Kier alpha value is -1.39. The lowest BCUT2D eigenvalue weighted by Crippen LogP contribution is -2.18. The molecule has 0 saturated heterocycles. The van der Waals surface area contributed by atoms with Crippen molar-refractivity contribution in [1.82, 2.24) is 4.90 Å². The topological polar surface area (TPSA) is 29.3 Å². The summed E-state index contributed by atoms with van der Waals surface area (Å²) in [4.78, 5) is 2.06. The highest BCUT2D eigenvalue weighted by Gasteiger charge is 2.08. The van der Waals surface area contributed by atoms with Gasteiger partial charge in [-0.25, -0.2) is 4.39 Å². The van der Waals surface area contributed by atoms with E-state index in [-0.39, 0.29) is 11.5 Å². The van der Waals surface area contributed by atoms with Gasteiger partial charge in [-0.2, -0.15) is 0 Å². The van der Waals surface area contributed by atoms with Gasteiger partial charge in [0, 0.05) is 23.1 Å². The normalized spacial score (nSPS) is 10.9. The Labute approximate surface area is 121 Å². The largest absolute Gasteiger partial charge is 0.396 e. The number of rotatable bonds is 4. The number of halogens is 2. The first kappa shape index (κ1) is 14.0. The monoisotopic (exact) mass is 322 g/mol. The highest BCUT2D eigenvalue weighted by molar-refractivity contribution is 9.10. The van der Waals surface area contributed by atoms with Gasteiger partial charge in [0.2, 0.25) is 0 Å². The summed E-state index contributed by atoms with van der Waals surface area (Å²) in [7, 11) is 1.96. The van der Waals surface area contributed by atoms with Crippen molar-refractivity contribution in [2.24, 2.45) is 0 Å². The third-order valence-corrected chi connectivity index (χ3v) is 3.44. The maximum Gasteiger partial charge on any atom is 0.150 e.